The van der Waals surface area contributed by atoms with Gasteiger partial charge in [0, 0.05) is 27.8 Å². The van der Waals surface area contributed by atoms with Crippen molar-refractivity contribution in [1.29, 1.82) is 0 Å². The van der Waals surface area contributed by atoms with E-state index in [4.69, 9.17) is 16.0 Å². The molecule has 0 aliphatic rings. The van der Waals surface area contributed by atoms with Crippen molar-refractivity contribution < 1.29 is 18.9 Å². The number of nitro groups is 1. The molecule has 2 heterocycles. The number of fused-ring (bicyclic) bond motifs is 1. The Hall–Kier alpha value is -4.61. The molecular formula is C25H16ClN5O5S. The van der Waals surface area contributed by atoms with Crippen LogP contribution in [-0.2, 0) is 0 Å². The van der Waals surface area contributed by atoms with Crippen LogP contribution in [0.4, 0.5) is 17.4 Å². The summed E-state index contributed by atoms with van der Waals surface area (Å²) in [7, 11) is 0. The maximum atomic E-state index is 13.0. The van der Waals surface area contributed by atoms with Gasteiger partial charge >= 0.3 is 6.01 Å². The maximum absolute atomic E-state index is 13.0. The van der Waals surface area contributed by atoms with Crippen LogP contribution in [0.3, 0.4) is 0 Å². The number of aromatic nitrogens is 2. The van der Waals surface area contributed by atoms with Crippen LogP contribution < -0.4 is 10.6 Å². The first-order chi connectivity index (χ1) is 17.8. The number of para-hydroxylation sites is 1. The molecule has 0 aliphatic carbocycles. The van der Waals surface area contributed by atoms with Gasteiger partial charge in [-0.05, 0) is 42.8 Å². The van der Waals surface area contributed by atoms with E-state index < -0.39 is 16.7 Å². The highest BCUT2D eigenvalue weighted by molar-refractivity contribution is 7.21. The van der Waals surface area contributed by atoms with Gasteiger partial charge in [0.25, 0.3) is 17.5 Å². The highest BCUT2D eigenvalue weighted by atomic mass is 35.5. The van der Waals surface area contributed by atoms with Crippen molar-refractivity contribution >= 4 is 62.2 Å². The molecule has 2 N–H and O–H groups in total. The first-order valence-electron chi connectivity index (χ1n) is 10.8. The minimum atomic E-state index is -0.590. The second-order valence-corrected chi connectivity index (χ2v) is 9.35. The lowest BCUT2D eigenvalue weighted by Crippen LogP contribution is -2.18. The van der Waals surface area contributed by atoms with E-state index in [0.29, 0.717) is 15.5 Å². The third-order valence-electron chi connectivity index (χ3n) is 5.38. The van der Waals surface area contributed by atoms with Gasteiger partial charge in [-0.2, -0.15) is 0 Å². The van der Waals surface area contributed by atoms with E-state index in [-0.39, 0.29) is 28.8 Å². The van der Waals surface area contributed by atoms with Gasteiger partial charge in [0.2, 0.25) is 5.89 Å². The zero-order valence-electron chi connectivity index (χ0n) is 19.0. The molecule has 0 spiro atoms. The molecule has 10 nitrogen and oxygen atoms in total. The van der Waals surface area contributed by atoms with Gasteiger partial charge in [0.15, 0.2) is 0 Å². The van der Waals surface area contributed by atoms with Crippen molar-refractivity contribution in [1.82, 2.24) is 10.2 Å². The van der Waals surface area contributed by atoms with Gasteiger partial charge in [0.1, 0.15) is 4.88 Å². The number of benzene rings is 3. The summed E-state index contributed by atoms with van der Waals surface area (Å²) >= 11 is 7.74. The summed E-state index contributed by atoms with van der Waals surface area (Å²) in [4.78, 5) is 36.7. The van der Waals surface area contributed by atoms with E-state index in [1.54, 1.807) is 18.2 Å². The van der Waals surface area contributed by atoms with Gasteiger partial charge in [0.05, 0.1) is 21.2 Å². The molecule has 3 aromatic carbocycles. The predicted octanol–water partition coefficient (Wildman–Crippen LogP) is 6.33. The monoisotopic (exact) mass is 533 g/mol. The summed E-state index contributed by atoms with van der Waals surface area (Å²) in [6, 6.07) is 17.6. The molecule has 5 aromatic rings. The first-order valence-corrected chi connectivity index (χ1v) is 12.0. The van der Waals surface area contributed by atoms with Gasteiger partial charge in [-0.25, -0.2) is 0 Å². The number of hydrogen-bond acceptors (Lipinski definition) is 8. The summed E-state index contributed by atoms with van der Waals surface area (Å²) in [5.74, 6) is -0.961. The minimum absolute atomic E-state index is 0.0708. The molecule has 2 aromatic heterocycles. The summed E-state index contributed by atoms with van der Waals surface area (Å²) in [5.41, 5.74) is 1.85. The highest BCUT2D eigenvalue weighted by Gasteiger charge is 2.21. The summed E-state index contributed by atoms with van der Waals surface area (Å²) in [5, 5.41) is 24.9. The fourth-order valence-corrected chi connectivity index (χ4v) is 5.08. The van der Waals surface area contributed by atoms with Gasteiger partial charge in [-0.3, -0.25) is 25.0 Å². The second kappa shape index (κ2) is 9.80. The molecule has 12 heteroatoms. The number of anilines is 2. The highest BCUT2D eigenvalue weighted by Crippen LogP contribution is 2.36. The number of nitrogens with zero attached hydrogens (tertiary/aromatic N) is 3. The number of nitrogens with one attached hydrogen (secondary N) is 2. The summed E-state index contributed by atoms with van der Waals surface area (Å²) < 4.78 is 6.37. The number of halogens is 1. The Labute approximate surface area is 218 Å². The molecule has 0 fully saturated rings. The average molecular weight is 534 g/mol. The Bertz CT molecular complexity index is 1680. The Morgan fingerprint density at radius 1 is 1.00 bits per heavy atom. The Kier molecular flexibility index (Phi) is 6.38. The van der Waals surface area contributed by atoms with Crippen LogP contribution in [0.1, 0.15) is 25.6 Å². The number of carbonyl (C=O) groups is 2. The van der Waals surface area contributed by atoms with Crippen molar-refractivity contribution in [3.05, 3.63) is 97.9 Å². The van der Waals surface area contributed by atoms with Crippen molar-refractivity contribution in [2.75, 3.05) is 10.6 Å². The summed E-state index contributed by atoms with van der Waals surface area (Å²) in [6.07, 6.45) is 0. The standard InChI is InChI=1S/C25H16ClN5O5S/c1-13-6-11-17-19(12-13)37-21(20(17)26)23(33)27-18-5-3-2-4-16(18)22(32)28-25-30-29-24(36-25)14-7-9-15(10-8-14)31(34)35/h2-12H,1H3,(H,27,33)(H,28,30,32). The van der Waals surface area contributed by atoms with E-state index in [1.807, 2.05) is 25.1 Å². The normalized spacial score (nSPS) is 10.9. The predicted molar refractivity (Wildman–Crippen MR) is 140 cm³/mol. The van der Waals surface area contributed by atoms with Gasteiger partial charge in [-0.1, -0.05) is 41.0 Å². The van der Waals surface area contributed by atoms with Crippen LogP contribution in [0.25, 0.3) is 21.5 Å². The molecule has 0 atom stereocenters. The number of thiophene rings is 1. The molecular weight excluding hydrogens is 518 g/mol. The van der Waals surface area contributed by atoms with Crippen molar-refractivity contribution in [3.63, 3.8) is 0 Å². The smallest absolute Gasteiger partial charge is 0.322 e. The van der Waals surface area contributed by atoms with E-state index in [9.17, 15) is 19.7 Å². The molecule has 0 saturated carbocycles. The lowest BCUT2D eigenvalue weighted by molar-refractivity contribution is -0.384. The van der Waals surface area contributed by atoms with E-state index in [0.717, 1.165) is 15.6 Å². The van der Waals surface area contributed by atoms with Crippen molar-refractivity contribution in [2.45, 2.75) is 6.92 Å². The van der Waals surface area contributed by atoms with Crippen molar-refractivity contribution in [3.8, 4) is 11.5 Å². The van der Waals surface area contributed by atoms with E-state index >= 15 is 0 Å². The van der Waals surface area contributed by atoms with Crippen LogP contribution in [0.15, 0.2) is 71.1 Å². The number of carbonyl (C=O) groups excluding carboxylic acids is 2. The lowest BCUT2D eigenvalue weighted by Gasteiger charge is -2.09. The number of hydrogen-bond donors (Lipinski definition) is 2. The topological polar surface area (TPSA) is 140 Å². The first kappa shape index (κ1) is 24.1. The summed E-state index contributed by atoms with van der Waals surface area (Å²) in [6.45, 7) is 1.96. The van der Waals surface area contributed by atoms with E-state index in [1.165, 1.54) is 41.7 Å². The molecule has 5 rings (SSSR count). The second-order valence-electron chi connectivity index (χ2n) is 7.91. The Morgan fingerprint density at radius 3 is 2.51 bits per heavy atom. The Morgan fingerprint density at radius 2 is 1.76 bits per heavy atom. The molecule has 0 radical (unpaired) electrons. The molecule has 184 valence electrons. The number of amides is 2. The lowest BCUT2D eigenvalue weighted by atomic mass is 10.1. The van der Waals surface area contributed by atoms with Crippen LogP contribution in [-0.4, -0.2) is 26.9 Å². The van der Waals surface area contributed by atoms with E-state index in [2.05, 4.69) is 20.8 Å². The number of aryl methyl sites for hydroxylation is 1. The third-order valence-corrected chi connectivity index (χ3v) is 7.04. The fourth-order valence-electron chi connectivity index (χ4n) is 3.57. The SMILES string of the molecule is Cc1ccc2c(Cl)c(C(=O)Nc3ccccc3C(=O)Nc3nnc(-c4ccc([N+](=O)[O-])cc4)o3)sc2c1. The Balaban J connectivity index is 1.34. The quantitative estimate of drug-likeness (QED) is 0.192. The largest absolute Gasteiger partial charge is 0.403 e. The maximum Gasteiger partial charge on any atom is 0.322 e. The molecule has 0 bridgehead atoms. The third kappa shape index (κ3) is 4.90. The molecule has 0 saturated heterocycles. The average Bonchev–Trinajstić information content (AvgIpc) is 3.48. The zero-order chi connectivity index (χ0) is 26.1. The van der Waals surface area contributed by atoms with Crippen LogP contribution in [0.2, 0.25) is 5.02 Å². The number of rotatable bonds is 6. The van der Waals surface area contributed by atoms with Crippen LogP contribution in [0.5, 0.6) is 0 Å². The molecule has 0 aliphatic heterocycles. The van der Waals surface area contributed by atoms with Crippen LogP contribution >= 0.6 is 22.9 Å². The fraction of sp³-hybridized carbons (Fsp3) is 0.0400. The number of non-ortho nitro benzene ring substituents is 1. The molecule has 2 amide bonds. The molecule has 37 heavy (non-hydrogen) atoms. The van der Waals surface area contributed by atoms with Gasteiger partial charge in [-0.15, -0.1) is 16.4 Å². The number of nitro benzene ring substituents is 1. The zero-order valence-corrected chi connectivity index (χ0v) is 20.6. The van der Waals surface area contributed by atoms with Gasteiger partial charge < -0.3 is 9.73 Å². The van der Waals surface area contributed by atoms with Crippen molar-refractivity contribution in [2.24, 2.45) is 0 Å². The van der Waals surface area contributed by atoms with Crippen LogP contribution in [0, 0.1) is 17.0 Å². The minimum Gasteiger partial charge on any atom is -0.403 e. The molecule has 0 unspecified atom stereocenters.